The zero-order chi connectivity index (χ0) is 20.6. The van der Waals surface area contributed by atoms with Crippen LogP contribution >= 0.6 is 0 Å². The van der Waals surface area contributed by atoms with Crippen molar-refractivity contribution in [1.29, 1.82) is 0 Å². The maximum Gasteiger partial charge on any atom is 0.408 e. The van der Waals surface area contributed by atoms with Gasteiger partial charge in [-0.1, -0.05) is 24.3 Å². The van der Waals surface area contributed by atoms with Gasteiger partial charge in [-0.3, -0.25) is 4.79 Å². The van der Waals surface area contributed by atoms with Crippen molar-refractivity contribution in [2.75, 3.05) is 7.11 Å². The van der Waals surface area contributed by atoms with Crippen LogP contribution < -0.4 is 10.6 Å². The van der Waals surface area contributed by atoms with E-state index in [9.17, 15) is 14.4 Å². The summed E-state index contributed by atoms with van der Waals surface area (Å²) in [5.41, 5.74) is 0.793. The van der Waals surface area contributed by atoms with Gasteiger partial charge in [0, 0.05) is 6.42 Å². The summed E-state index contributed by atoms with van der Waals surface area (Å²) < 4.78 is 9.81. The molecule has 8 heteroatoms. The van der Waals surface area contributed by atoms with Gasteiger partial charge in [0.15, 0.2) is 0 Å². The van der Waals surface area contributed by atoms with Gasteiger partial charge in [0.05, 0.1) is 13.7 Å². The van der Waals surface area contributed by atoms with Gasteiger partial charge >= 0.3 is 12.1 Å². The van der Waals surface area contributed by atoms with Crippen LogP contribution in [-0.4, -0.2) is 47.9 Å². The number of benzene rings is 1. The van der Waals surface area contributed by atoms with Crippen LogP contribution in [0.5, 0.6) is 0 Å². The fraction of sp³-hybridized carbons (Fsp3) is 0.526. The Hall–Kier alpha value is -2.61. The van der Waals surface area contributed by atoms with Crippen molar-refractivity contribution in [3.8, 4) is 0 Å². The quantitative estimate of drug-likeness (QED) is 0.614. The van der Waals surface area contributed by atoms with Crippen molar-refractivity contribution in [3.05, 3.63) is 35.4 Å². The minimum atomic E-state index is -0.952. The molecule has 27 heavy (non-hydrogen) atoms. The van der Waals surface area contributed by atoms with E-state index in [1.54, 1.807) is 45.0 Å². The van der Waals surface area contributed by atoms with Crippen molar-refractivity contribution >= 4 is 18.0 Å². The van der Waals surface area contributed by atoms with E-state index < -0.39 is 35.7 Å². The number of hydrogen-bond donors (Lipinski definition) is 3. The van der Waals surface area contributed by atoms with E-state index in [0.717, 1.165) is 11.1 Å². The van der Waals surface area contributed by atoms with Crippen LogP contribution in [0.1, 0.15) is 38.8 Å². The zero-order valence-electron chi connectivity index (χ0n) is 16.4. The van der Waals surface area contributed by atoms with Gasteiger partial charge in [-0.05, 0) is 38.8 Å². The molecule has 1 aromatic rings. The van der Waals surface area contributed by atoms with Gasteiger partial charge in [-0.25, -0.2) is 9.59 Å². The lowest BCUT2D eigenvalue weighted by molar-refractivity contribution is -0.144. The van der Waals surface area contributed by atoms with Crippen LogP contribution in [-0.2, 0) is 32.1 Å². The SMILES string of the molecule is COC(=O)C(C)NC(=O)C(Cc1ccc(CO)cc1)NC(=O)OC(C)(C)C. The molecule has 0 heterocycles. The average molecular weight is 380 g/mol. The van der Waals surface area contributed by atoms with Gasteiger partial charge in [0.2, 0.25) is 5.91 Å². The Bertz CT molecular complexity index is 651. The smallest absolute Gasteiger partial charge is 0.408 e. The normalized spacial score (nSPS) is 13.3. The van der Waals surface area contributed by atoms with Crippen molar-refractivity contribution in [3.63, 3.8) is 0 Å². The van der Waals surface area contributed by atoms with Gasteiger partial charge < -0.3 is 25.2 Å². The van der Waals surface area contributed by atoms with E-state index >= 15 is 0 Å². The fourth-order valence-corrected chi connectivity index (χ4v) is 2.23. The lowest BCUT2D eigenvalue weighted by Gasteiger charge is -2.24. The van der Waals surface area contributed by atoms with Crippen molar-refractivity contribution in [2.45, 2.75) is 58.4 Å². The van der Waals surface area contributed by atoms with Crippen molar-refractivity contribution < 1.29 is 29.0 Å². The summed E-state index contributed by atoms with van der Waals surface area (Å²) in [5.74, 6) is -1.13. The molecular weight excluding hydrogens is 352 g/mol. The van der Waals surface area contributed by atoms with Crippen molar-refractivity contribution in [2.24, 2.45) is 0 Å². The Morgan fingerprint density at radius 2 is 1.63 bits per heavy atom. The standard InChI is InChI=1S/C19H28N2O6/c1-12(17(24)26-5)20-16(23)15(21-18(25)27-19(2,3)4)10-13-6-8-14(11-22)9-7-13/h6-9,12,15,22H,10-11H2,1-5H3,(H,20,23)(H,21,25). The third-order valence-electron chi connectivity index (χ3n) is 3.57. The Balaban J connectivity index is 2.91. The van der Waals surface area contributed by atoms with E-state index in [2.05, 4.69) is 15.4 Å². The molecule has 0 spiro atoms. The highest BCUT2D eigenvalue weighted by Crippen LogP contribution is 2.10. The summed E-state index contributed by atoms with van der Waals surface area (Å²) in [6, 6.07) is 5.16. The summed E-state index contributed by atoms with van der Waals surface area (Å²) in [4.78, 5) is 36.2. The van der Waals surface area contributed by atoms with Crippen LogP contribution in [0, 0.1) is 0 Å². The summed E-state index contributed by atoms with van der Waals surface area (Å²) in [7, 11) is 1.23. The lowest BCUT2D eigenvalue weighted by Crippen LogP contribution is -2.52. The van der Waals surface area contributed by atoms with Gasteiger partial charge in [-0.2, -0.15) is 0 Å². The lowest BCUT2D eigenvalue weighted by atomic mass is 10.0. The Morgan fingerprint density at radius 3 is 2.11 bits per heavy atom. The minimum Gasteiger partial charge on any atom is -0.467 e. The zero-order valence-corrected chi connectivity index (χ0v) is 16.4. The highest BCUT2D eigenvalue weighted by molar-refractivity contribution is 5.89. The van der Waals surface area contributed by atoms with Crippen LogP contribution in [0.4, 0.5) is 4.79 Å². The number of aliphatic hydroxyl groups excluding tert-OH is 1. The molecule has 0 fully saturated rings. The summed E-state index contributed by atoms with van der Waals surface area (Å²) >= 11 is 0. The monoisotopic (exact) mass is 380 g/mol. The molecule has 3 N–H and O–H groups in total. The molecule has 2 unspecified atom stereocenters. The van der Waals surface area contributed by atoms with Gasteiger partial charge in [0.1, 0.15) is 17.7 Å². The molecule has 0 aliphatic carbocycles. The molecule has 2 atom stereocenters. The maximum absolute atomic E-state index is 12.6. The molecule has 1 aromatic carbocycles. The largest absolute Gasteiger partial charge is 0.467 e. The summed E-state index contributed by atoms with van der Waals surface area (Å²) in [5, 5.41) is 14.2. The maximum atomic E-state index is 12.6. The molecule has 0 bridgehead atoms. The van der Waals surface area contributed by atoms with Crippen LogP contribution in [0.2, 0.25) is 0 Å². The molecule has 2 amide bonds. The Morgan fingerprint density at radius 1 is 1.07 bits per heavy atom. The van der Waals surface area contributed by atoms with Gasteiger partial charge in [0.25, 0.3) is 0 Å². The second kappa shape index (κ2) is 9.91. The average Bonchev–Trinajstić information content (AvgIpc) is 2.59. The number of alkyl carbamates (subject to hydrolysis) is 1. The first-order valence-corrected chi connectivity index (χ1v) is 8.62. The molecule has 1 rings (SSSR count). The third kappa shape index (κ3) is 8.08. The number of methoxy groups -OCH3 is 1. The number of ether oxygens (including phenoxy) is 2. The number of esters is 1. The number of hydrogen-bond acceptors (Lipinski definition) is 6. The van der Waals surface area contributed by atoms with E-state index in [-0.39, 0.29) is 13.0 Å². The predicted molar refractivity (Wildman–Crippen MR) is 98.8 cm³/mol. The van der Waals surface area contributed by atoms with Crippen LogP contribution in [0.3, 0.4) is 0 Å². The second-order valence-electron chi connectivity index (χ2n) is 7.13. The van der Waals surface area contributed by atoms with Crippen LogP contribution in [0.15, 0.2) is 24.3 Å². The van der Waals surface area contributed by atoms with E-state index in [1.807, 2.05) is 0 Å². The predicted octanol–water partition coefficient (Wildman–Crippen LogP) is 1.29. The Labute approximate surface area is 159 Å². The number of rotatable bonds is 7. The number of nitrogens with one attached hydrogen (secondary N) is 2. The summed E-state index contributed by atoms with van der Waals surface area (Å²) in [6.07, 6.45) is -0.551. The first-order chi connectivity index (χ1) is 12.6. The summed E-state index contributed by atoms with van der Waals surface area (Å²) in [6.45, 7) is 6.55. The number of carbonyl (C=O) groups is 3. The molecule has 0 aromatic heterocycles. The van der Waals surface area contributed by atoms with Crippen LogP contribution in [0.25, 0.3) is 0 Å². The molecule has 0 radical (unpaired) electrons. The molecule has 0 saturated carbocycles. The fourth-order valence-electron chi connectivity index (χ4n) is 2.23. The molecule has 0 aliphatic rings. The second-order valence-corrected chi connectivity index (χ2v) is 7.13. The van der Waals surface area contributed by atoms with Crippen molar-refractivity contribution in [1.82, 2.24) is 10.6 Å². The van der Waals surface area contributed by atoms with E-state index in [1.165, 1.54) is 14.0 Å². The topological polar surface area (TPSA) is 114 Å². The Kier molecular flexibility index (Phi) is 8.24. The molecule has 0 aliphatic heterocycles. The highest BCUT2D eigenvalue weighted by Gasteiger charge is 2.27. The third-order valence-corrected chi connectivity index (χ3v) is 3.57. The molecule has 0 saturated heterocycles. The number of amides is 2. The first-order valence-electron chi connectivity index (χ1n) is 8.62. The molecule has 8 nitrogen and oxygen atoms in total. The first kappa shape index (κ1) is 22.4. The molecular formula is C19H28N2O6. The highest BCUT2D eigenvalue weighted by atomic mass is 16.6. The number of carbonyl (C=O) groups excluding carboxylic acids is 3. The molecule has 150 valence electrons. The van der Waals surface area contributed by atoms with E-state index in [4.69, 9.17) is 9.84 Å². The number of aliphatic hydroxyl groups is 1. The minimum absolute atomic E-state index is 0.0863. The van der Waals surface area contributed by atoms with Gasteiger partial charge in [-0.15, -0.1) is 0 Å². The van der Waals surface area contributed by atoms with E-state index in [0.29, 0.717) is 0 Å².